The molecule has 0 unspecified atom stereocenters. The molecule has 0 amide bonds. The van der Waals surface area contributed by atoms with Crippen LogP contribution in [-0.2, 0) is 11.3 Å². The fourth-order valence-corrected chi connectivity index (χ4v) is 2.82. The lowest BCUT2D eigenvalue weighted by Crippen LogP contribution is -2.20. The maximum atomic E-state index is 12.2. The molecule has 1 aromatic heterocycles. The van der Waals surface area contributed by atoms with Gasteiger partial charge in [0.2, 0.25) is 0 Å². The second-order valence-corrected chi connectivity index (χ2v) is 5.30. The van der Waals surface area contributed by atoms with E-state index in [0.717, 1.165) is 11.1 Å². The number of aliphatic hydroxyl groups excluding tert-OH is 1. The van der Waals surface area contributed by atoms with Gasteiger partial charge in [-0.3, -0.25) is 0 Å². The summed E-state index contributed by atoms with van der Waals surface area (Å²) in [5.74, 6) is -0.0767. The molecular weight excluding hydrogens is 304 g/mol. The van der Waals surface area contributed by atoms with Crippen molar-refractivity contribution in [3.05, 3.63) is 89.5 Å². The normalized spacial score (nSPS) is 10.8. The van der Waals surface area contributed by atoms with Crippen LogP contribution in [0, 0.1) is 0 Å². The summed E-state index contributed by atoms with van der Waals surface area (Å²) in [6.07, 6.45) is 1.44. The summed E-state index contributed by atoms with van der Waals surface area (Å²) in [5, 5.41) is 9.69. The molecule has 0 aliphatic heterocycles. The van der Waals surface area contributed by atoms with Crippen LogP contribution in [0.1, 0.15) is 33.5 Å². The number of hydrogen-bond acceptors (Lipinski definition) is 4. The molecule has 0 bridgehead atoms. The average Bonchev–Trinajstić information content (AvgIpc) is 3.07. The minimum Gasteiger partial charge on any atom is -0.464 e. The molecule has 5 heteroatoms. The molecule has 24 heavy (non-hydrogen) atoms. The molecular formula is C19H18N2O3. The van der Waals surface area contributed by atoms with Crippen molar-refractivity contribution >= 4 is 5.97 Å². The molecule has 3 aromatic rings. The number of esters is 1. The minimum absolute atomic E-state index is 0.271. The predicted molar refractivity (Wildman–Crippen MR) is 89.6 cm³/mol. The number of benzene rings is 2. The number of ether oxygens (including phenoxy) is 1. The van der Waals surface area contributed by atoms with Crippen LogP contribution in [0.2, 0.25) is 0 Å². The number of imidazole rings is 1. The second-order valence-electron chi connectivity index (χ2n) is 5.30. The number of aromatic nitrogens is 2. The van der Waals surface area contributed by atoms with Crippen molar-refractivity contribution in [2.75, 3.05) is 7.11 Å². The van der Waals surface area contributed by atoms with E-state index in [1.807, 2.05) is 60.7 Å². The quantitative estimate of drug-likeness (QED) is 0.734. The number of carbonyl (C=O) groups is 1. The van der Waals surface area contributed by atoms with Crippen LogP contribution in [-0.4, -0.2) is 27.7 Å². The van der Waals surface area contributed by atoms with E-state index in [4.69, 9.17) is 4.74 Å². The maximum Gasteiger partial charge on any atom is 0.356 e. The van der Waals surface area contributed by atoms with Crippen molar-refractivity contribution in [1.82, 2.24) is 9.55 Å². The third-order valence-corrected chi connectivity index (χ3v) is 3.90. The van der Waals surface area contributed by atoms with Crippen LogP contribution >= 0.6 is 0 Å². The Bertz CT molecular complexity index is 774. The summed E-state index contributed by atoms with van der Waals surface area (Å²) >= 11 is 0. The first-order valence-corrected chi connectivity index (χ1v) is 7.61. The minimum atomic E-state index is -0.487. The van der Waals surface area contributed by atoms with Gasteiger partial charge in [0.25, 0.3) is 0 Å². The monoisotopic (exact) mass is 322 g/mol. The number of methoxy groups -OCH3 is 1. The molecule has 0 atom stereocenters. The van der Waals surface area contributed by atoms with Gasteiger partial charge in [0.05, 0.1) is 19.3 Å². The molecule has 1 N–H and O–H groups in total. The Kier molecular flexibility index (Phi) is 4.72. The van der Waals surface area contributed by atoms with Crippen molar-refractivity contribution < 1.29 is 14.6 Å². The summed E-state index contributed by atoms with van der Waals surface area (Å²) in [5.41, 5.74) is 2.28. The molecule has 1 heterocycles. The Morgan fingerprint density at radius 2 is 1.62 bits per heavy atom. The number of nitrogens with zero attached hydrogens (tertiary/aromatic N) is 2. The van der Waals surface area contributed by atoms with Crippen LogP contribution in [0.4, 0.5) is 0 Å². The van der Waals surface area contributed by atoms with E-state index in [-0.39, 0.29) is 12.6 Å². The first kappa shape index (κ1) is 16.0. The lowest BCUT2D eigenvalue weighted by Gasteiger charge is -2.23. The number of carbonyl (C=O) groups excluding carboxylic acids is 1. The topological polar surface area (TPSA) is 64.3 Å². The van der Waals surface area contributed by atoms with Gasteiger partial charge in [-0.05, 0) is 11.1 Å². The SMILES string of the molecule is COC(=O)c1cnc(CO)n1C(c1ccccc1)c1ccccc1. The molecule has 0 saturated heterocycles. The summed E-state index contributed by atoms with van der Waals surface area (Å²) in [7, 11) is 1.33. The third-order valence-electron chi connectivity index (χ3n) is 3.90. The lowest BCUT2D eigenvalue weighted by atomic mass is 9.98. The van der Waals surface area contributed by atoms with Gasteiger partial charge in [0.1, 0.15) is 18.1 Å². The largest absolute Gasteiger partial charge is 0.464 e. The van der Waals surface area contributed by atoms with E-state index in [0.29, 0.717) is 11.5 Å². The van der Waals surface area contributed by atoms with Gasteiger partial charge in [-0.2, -0.15) is 0 Å². The molecule has 0 aliphatic carbocycles. The van der Waals surface area contributed by atoms with Crippen molar-refractivity contribution in [1.29, 1.82) is 0 Å². The highest BCUT2D eigenvalue weighted by atomic mass is 16.5. The Morgan fingerprint density at radius 3 is 2.08 bits per heavy atom. The van der Waals surface area contributed by atoms with Gasteiger partial charge < -0.3 is 14.4 Å². The van der Waals surface area contributed by atoms with Crippen LogP contribution in [0.3, 0.4) is 0 Å². The van der Waals surface area contributed by atoms with E-state index >= 15 is 0 Å². The number of aliphatic hydroxyl groups is 1. The van der Waals surface area contributed by atoms with Crippen molar-refractivity contribution in [2.45, 2.75) is 12.6 Å². The molecule has 5 nitrogen and oxygen atoms in total. The summed E-state index contributed by atoms with van der Waals surface area (Å²) in [6, 6.07) is 19.3. The molecule has 2 aromatic carbocycles. The maximum absolute atomic E-state index is 12.2. The van der Waals surface area contributed by atoms with Crippen molar-refractivity contribution in [3.8, 4) is 0 Å². The highest BCUT2D eigenvalue weighted by molar-refractivity contribution is 5.87. The summed E-state index contributed by atoms with van der Waals surface area (Å²) < 4.78 is 6.61. The molecule has 0 saturated carbocycles. The average molecular weight is 322 g/mol. The van der Waals surface area contributed by atoms with Crippen LogP contribution in [0.25, 0.3) is 0 Å². The Hall–Kier alpha value is -2.92. The van der Waals surface area contributed by atoms with Crippen molar-refractivity contribution in [3.63, 3.8) is 0 Å². The molecule has 3 rings (SSSR count). The van der Waals surface area contributed by atoms with Gasteiger partial charge >= 0.3 is 5.97 Å². The van der Waals surface area contributed by atoms with Gasteiger partial charge in [0, 0.05) is 0 Å². The van der Waals surface area contributed by atoms with Gasteiger partial charge in [-0.25, -0.2) is 9.78 Å². The smallest absolute Gasteiger partial charge is 0.356 e. The van der Waals surface area contributed by atoms with E-state index in [9.17, 15) is 9.90 Å². The van der Waals surface area contributed by atoms with E-state index in [2.05, 4.69) is 4.98 Å². The zero-order valence-corrected chi connectivity index (χ0v) is 13.3. The zero-order chi connectivity index (χ0) is 16.9. The second kappa shape index (κ2) is 7.10. The molecule has 122 valence electrons. The lowest BCUT2D eigenvalue weighted by molar-refractivity contribution is 0.0587. The fraction of sp³-hybridized carbons (Fsp3) is 0.158. The van der Waals surface area contributed by atoms with Crippen LogP contribution in [0.15, 0.2) is 66.9 Å². The Morgan fingerprint density at radius 1 is 1.08 bits per heavy atom. The molecule has 0 spiro atoms. The first-order chi connectivity index (χ1) is 11.8. The highest BCUT2D eigenvalue weighted by Crippen LogP contribution is 2.29. The fourth-order valence-electron chi connectivity index (χ4n) is 2.82. The van der Waals surface area contributed by atoms with Gasteiger partial charge in [0.15, 0.2) is 0 Å². The molecule has 0 radical (unpaired) electrons. The van der Waals surface area contributed by atoms with E-state index in [1.54, 1.807) is 4.57 Å². The zero-order valence-electron chi connectivity index (χ0n) is 13.3. The molecule has 0 fully saturated rings. The summed E-state index contributed by atoms with van der Waals surface area (Å²) in [4.78, 5) is 16.4. The molecule has 0 aliphatic rings. The van der Waals surface area contributed by atoms with Crippen molar-refractivity contribution in [2.24, 2.45) is 0 Å². The van der Waals surface area contributed by atoms with E-state index in [1.165, 1.54) is 13.3 Å². The van der Waals surface area contributed by atoms with Gasteiger partial charge in [-0.1, -0.05) is 60.7 Å². The first-order valence-electron chi connectivity index (χ1n) is 7.61. The van der Waals surface area contributed by atoms with E-state index < -0.39 is 5.97 Å². The number of rotatable bonds is 5. The Balaban J connectivity index is 2.24. The predicted octanol–water partition coefficient (Wildman–Crippen LogP) is 2.80. The standard InChI is InChI=1S/C19H18N2O3/c1-24-19(23)16-12-20-17(13-22)21(16)18(14-8-4-2-5-9-14)15-10-6-3-7-11-15/h2-12,18,22H,13H2,1H3. The third kappa shape index (κ3) is 2.94. The highest BCUT2D eigenvalue weighted by Gasteiger charge is 2.25. The Labute approximate surface area is 140 Å². The van der Waals surface area contributed by atoms with Gasteiger partial charge in [-0.15, -0.1) is 0 Å². The van der Waals surface area contributed by atoms with Crippen LogP contribution in [0.5, 0.6) is 0 Å². The van der Waals surface area contributed by atoms with Crippen LogP contribution < -0.4 is 0 Å². The summed E-state index contributed by atoms with van der Waals surface area (Å²) in [6.45, 7) is -0.271. The number of hydrogen-bond donors (Lipinski definition) is 1.